The molecular weight excluding hydrogens is 309 g/mol. The van der Waals surface area contributed by atoms with E-state index in [4.69, 9.17) is 0 Å². The minimum absolute atomic E-state index is 0.00822. The highest BCUT2D eigenvalue weighted by Gasteiger charge is 2.53. The van der Waals surface area contributed by atoms with Crippen LogP contribution in [-0.4, -0.2) is 34.0 Å². The van der Waals surface area contributed by atoms with Crippen molar-refractivity contribution in [3.8, 4) is 0 Å². The molecule has 3 aliphatic rings. The van der Waals surface area contributed by atoms with Gasteiger partial charge in [-0.15, -0.1) is 0 Å². The lowest BCUT2D eigenvalue weighted by Gasteiger charge is -2.33. The van der Waals surface area contributed by atoms with E-state index >= 15 is 0 Å². The first-order chi connectivity index (χ1) is 11.6. The van der Waals surface area contributed by atoms with Crippen LogP contribution in [0.25, 0.3) is 0 Å². The highest BCUT2D eigenvalue weighted by atomic mass is 19.1. The molecule has 0 radical (unpaired) electrons. The van der Waals surface area contributed by atoms with E-state index in [1.165, 1.54) is 12.1 Å². The van der Waals surface area contributed by atoms with Crippen molar-refractivity contribution in [2.45, 2.75) is 56.5 Å². The topological polar surface area (TPSA) is 57.6 Å². The van der Waals surface area contributed by atoms with Crippen LogP contribution in [0.2, 0.25) is 0 Å². The molecule has 0 aromatic heterocycles. The molecule has 4 rings (SSSR count). The van der Waals surface area contributed by atoms with Gasteiger partial charge in [-0.3, -0.25) is 4.79 Å². The van der Waals surface area contributed by atoms with Gasteiger partial charge in [0.2, 0.25) is 5.91 Å². The molecule has 5 heteroatoms. The van der Waals surface area contributed by atoms with Gasteiger partial charge in [-0.1, -0.05) is 25.0 Å². The number of carboxylic acids is 1. The highest BCUT2D eigenvalue weighted by molar-refractivity contribution is 5.88. The number of hydrogen-bond donors (Lipinski definition) is 1. The van der Waals surface area contributed by atoms with Crippen LogP contribution < -0.4 is 0 Å². The predicted octanol–water partition coefficient (Wildman–Crippen LogP) is 3.17. The van der Waals surface area contributed by atoms with Crippen molar-refractivity contribution >= 4 is 11.9 Å². The molecule has 1 aromatic rings. The predicted molar refractivity (Wildman–Crippen MR) is 85.9 cm³/mol. The average molecular weight is 331 g/mol. The normalized spacial score (nSPS) is 34.7. The van der Waals surface area contributed by atoms with E-state index in [0.717, 1.165) is 37.7 Å². The van der Waals surface area contributed by atoms with Crippen LogP contribution >= 0.6 is 0 Å². The first kappa shape index (κ1) is 15.6. The number of carbonyl (C=O) groups is 2. The Morgan fingerprint density at radius 2 is 1.79 bits per heavy atom. The van der Waals surface area contributed by atoms with Gasteiger partial charge in [-0.05, 0) is 55.2 Å². The van der Waals surface area contributed by atoms with Gasteiger partial charge in [0, 0.05) is 12.0 Å². The number of rotatable bonds is 3. The Kier molecular flexibility index (Phi) is 3.82. The van der Waals surface area contributed by atoms with Crippen molar-refractivity contribution < 1.29 is 19.1 Å². The molecule has 24 heavy (non-hydrogen) atoms. The number of benzene rings is 1. The van der Waals surface area contributed by atoms with E-state index in [2.05, 4.69) is 0 Å². The van der Waals surface area contributed by atoms with Gasteiger partial charge >= 0.3 is 5.97 Å². The first-order valence-corrected chi connectivity index (χ1v) is 8.86. The molecular formula is C19H22FNO3. The molecule has 2 aliphatic carbocycles. The second kappa shape index (κ2) is 5.87. The first-order valence-electron chi connectivity index (χ1n) is 8.86. The van der Waals surface area contributed by atoms with Gasteiger partial charge in [0.25, 0.3) is 0 Å². The fourth-order valence-corrected chi connectivity index (χ4v) is 4.74. The maximum atomic E-state index is 13.1. The number of likely N-dealkylation sites (tertiary alicyclic amines) is 1. The van der Waals surface area contributed by atoms with Crippen molar-refractivity contribution in [2.75, 3.05) is 0 Å². The fourth-order valence-electron chi connectivity index (χ4n) is 4.74. The highest BCUT2D eigenvalue weighted by Crippen LogP contribution is 2.51. The van der Waals surface area contributed by atoms with Crippen LogP contribution in [0.1, 0.15) is 50.0 Å². The molecule has 128 valence electrons. The number of hydrogen-bond acceptors (Lipinski definition) is 2. The molecule has 1 amide bonds. The molecule has 1 saturated heterocycles. The van der Waals surface area contributed by atoms with Crippen molar-refractivity contribution in [3.63, 3.8) is 0 Å². The molecule has 2 saturated carbocycles. The van der Waals surface area contributed by atoms with Crippen LogP contribution in [0.5, 0.6) is 0 Å². The summed E-state index contributed by atoms with van der Waals surface area (Å²) in [5.74, 6) is -0.861. The smallest absolute Gasteiger partial charge is 0.326 e. The molecule has 5 unspecified atom stereocenters. The Morgan fingerprint density at radius 1 is 1.08 bits per heavy atom. The molecule has 3 fully saturated rings. The van der Waals surface area contributed by atoms with Crippen molar-refractivity contribution in [1.82, 2.24) is 4.90 Å². The van der Waals surface area contributed by atoms with Crippen molar-refractivity contribution in [1.29, 1.82) is 0 Å². The summed E-state index contributed by atoms with van der Waals surface area (Å²) >= 11 is 0. The van der Waals surface area contributed by atoms with E-state index in [0.29, 0.717) is 12.3 Å². The lowest BCUT2D eigenvalue weighted by Crippen LogP contribution is -2.47. The van der Waals surface area contributed by atoms with Gasteiger partial charge < -0.3 is 10.0 Å². The zero-order chi connectivity index (χ0) is 16.8. The zero-order valence-corrected chi connectivity index (χ0v) is 13.5. The maximum Gasteiger partial charge on any atom is 0.326 e. The summed E-state index contributed by atoms with van der Waals surface area (Å²) in [7, 11) is 0. The third-order valence-corrected chi connectivity index (χ3v) is 6.03. The van der Waals surface area contributed by atoms with E-state index in [1.807, 2.05) is 0 Å². The minimum atomic E-state index is -0.878. The Morgan fingerprint density at radius 3 is 2.50 bits per heavy atom. The lowest BCUT2D eigenvalue weighted by molar-refractivity contribution is -0.150. The summed E-state index contributed by atoms with van der Waals surface area (Å²) < 4.78 is 13.1. The van der Waals surface area contributed by atoms with Crippen LogP contribution in [0, 0.1) is 17.7 Å². The average Bonchev–Trinajstić information content (AvgIpc) is 3.27. The van der Waals surface area contributed by atoms with Crippen LogP contribution in [0.3, 0.4) is 0 Å². The number of amides is 1. The van der Waals surface area contributed by atoms with Crippen molar-refractivity contribution in [3.05, 3.63) is 35.6 Å². The maximum absolute atomic E-state index is 13.1. The summed E-state index contributed by atoms with van der Waals surface area (Å²) in [6.07, 6.45) is 5.50. The number of aliphatic carboxylic acids is 1. The van der Waals surface area contributed by atoms with Crippen LogP contribution in [0.15, 0.2) is 24.3 Å². The van der Waals surface area contributed by atoms with Crippen LogP contribution in [0.4, 0.5) is 4.39 Å². The van der Waals surface area contributed by atoms with Gasteiger partial charge in [-0.25, -0.2) is 9.18 Å². The second-order valence-corrected chi connectivity index (χ2v) is 7.45. The number of carboxylic acid groups (broad SMARTS) is 1. The lowest BCUT2D eigenvalue weighted by atomic mass is 9.84. The van der Waals surface area contributed by atoms with E-state index in [1.54, 1.807) is 17.0 Å². The van der Waals surface area contributed by atoms with Crippen molar-refractivity contribution in [2.24, 2.45) is 11.8 Å². The third-order valence-electron chi connectivity index (χ3n) is 6.03. The minimum Gasteiger partial charge on any atom is -0.480 e. The Labute approximate surface area is 140 Å². The second-order valence-electron chi connectivity index (χ2n) is 7.45. The fraction of sp³-hybridized carbons (Fsp3) is 0.579. The third kappa shape index (κ3) is 2.60. The van der Waals surface area contributed by atoms with E-state index in [9.17, 15) is 19.1 Å². The van der Waals surface area contributed by atoms with Crippen LogP contribution in [-0.2, 0) is 9.59 Å². The zero-order valence-electron chi connectivity index (χ0n) is 13.5. The Balaban J connectivity index is 1.52. The molecule has 4 nitrogen and oxygen atoms in total. The number of halogens is 1. The quantitative estimate of drug-likeness (QED) is 0.925. The summed E-state index contributed by atoms with van der Waals surface area (Å²) in [6, 6.07) is 5.73. The van der Waals surface area contributed by atoms with Gasteiger partial charge in [0.05, 0.1) is 0 Å². The summed E-state index contributed by atoms with van der Waals surface area (Å²) in [5, 5.41) is 9.56. The summed E-state index contributed by atoms with van der Waals surface area (Å²) in [6.45, 7) is 0. The standard InChI is InChI=1S/C19H22FNO3/c20-13-7-5-11(6-8-13)14-10-15(14)18(22)21-16-4-2-1-3-12(16)9-17(21)19(23)24/h5-8,12,14-17H,1-4,9-10H2,(H,23,24). The number of nitrogens with zero attached hydrogens (tertiary/aromatic N) is 1. The summed E-state index contributed by atoms with van der Waals surface area (Å²) in [5.41, 5.74) is 0.973. The Bertz CT molecular complexity index is 659. The molecule has 5 atom stereocenters. The summed E-state index contributed by atoms with van der Waals surface area (Å²) in [4.78, 5) is 26.4. The van der Waals surface area contributed by atoms with Gasteiger partial charge in [0.1, 0.15) is 11.9 Å². The molecule has 1 heterocycles. The molecule has 0 spiro atoms. The van der Waals surface area contributed by atoms with E-state index in [-0.39, 0.29) is 29.6 Å². The van der Waals surface area contributed by atoms with Gasteiger partial charge in [-0.2, -0.15) is 0 Å². The van der Waals surface area contributed by atoms with Gasteiger partial charge in [0.15, 0.2) is 0 Å². The molecule has 1 aliphatic heterocycles. The number of fused-ring (bicyclic) bond motifs is 1. The van der Waals surface area contributed by atoms with E-state index < -0.39 is 12.0 Å². The number of carbonyl (C=O) groups excluding carboxylic acids is 1. The monoisotopic (exact) mass is 331 g/mol. The SMILES string of the molecule is O=C(O)C1CC2CCCCC2N1C(=O)C1CC1c1ccc(F)cc1. The molecule has 1 N–H and O–H groups in total. The largest absolute Gasteiger partial charge is 0.480 e. The molecule has 0 bridgehead atoms. The molecule has 1 aromatic carbocycles. The Hall–Kier alpha value is -1.91.